The first kappa shape index (κ1) is 13.0. The molecule has 1 heterocycles. The second kappa shape index (κ2) is 6.47. The van der Waals surface area contributed by atoms with Crippen molar-refractivity contribution in [2.24, 2.45) is 0 Å². The predicted octanol–water partition coefficient (Wildman–Crippen LogP) is 1.10. The number of anilines is 1. The van der Waals surface area contributed by atoms with Crippen LogP contribution in [0.5, 0.6) is 11.5 Å². The molecule has 1 unspecified atom stereocenters. The molecule has 100 valence electrons. The maximum atomic E-state index is 5.62. The summed E-state index contributed by atoms with van der Waals surface area (Å²) in [5, 5.41) is 6.64. The van der Waals surface area contributed by atoms with E-state index in [1.165, 1.54) is 0 Å². The average molecular weight is 252 g/mol. The molecule has 1 saturated heterocycles. The van der Waals surface area contributed by atoms with Crippen LogP contribution in [0.4, 0.5) is 5.69 Å². The third-order valence-corrected chi connectivity index (χ3v) is 2.92. The van der Waals surface area contributed by atoms with Gasteiger partial charge in [0.1, 0.15) is 0 Å². The Morgan fingerprint density at radius 2 is 2.17 bits per heavy atom. The van der Waals surface area contributed by atoms with E-state index in [2.05, 4.69) is 10.6 Å². The van der Waals surface area contributed by atoms with Gasteiger partial charge in [0, 0.05) is 31.4 Å². The summed E-state index contributed by atoms with van der Waals surface area (Å²) < 4.78 is 16.1. The van der Waals surface area contributed by atoms with E-state index in [4.69, 9.17) is 14.2 Å². The second-order valence-corrected chi connectivity index (χ2v) is 4.15. The number of morpholine rings is 1. The maximum absolute atomic E-state index is 5.62. The number of rotatable bonds is 5. The van der Waals surface area contributed by atoms with Gasteiger partial charge in [0.2, 0.25) is 0 Å². The van der Waals surface area contributed by atoms with Crippen molar-refractivity contribution in [2.45, 2.75) is 6.10 Å². The summed E-state index contributed by atoms with van der Waals surface area (Å²) >= 11 is 0. The van der Waals surface area contributed by atoms with Crippen molar-refractivity contribution in [3.63, 3.8) is 0 Å². The summed E-state index contributed by atoms with van der Waals surface area (Å²) in [6.07, 6.45) is 0.215. The summed E-state index contributed by atoms with van der Waals surface area (Å²) in [6, 6.07) is 5.79. The van der Waals surface area contributed by atoms with E-state index in [9.17, 15) is 0 Å². The molecule has 18 heavy (non-hydrogen) atoms. The monoisotopic (exact) mass is 252 g/mol. The fourth-order valence-corrected chi connectivity index (χ4v) is 1.93. The molecule has 0 radical (unpaired) electrons. The van der Waals surface area contributed by atoms with Crippen LogP contribution >= 0.6 is 0 Å². The second-order valence-electron chi connectivity index (χ2n) is 4.15. The highest BCUT2D eigenvalue weighted by atomic mass is 16.5. The van der Waals surface area contributed by atoms with E-state index in [0.29, 0.717) is 0 Å². The quantitative estimate of drug-likeness (QED) is 0.822. The lowest BCUT2D eigenvalue weighted by Gasteiger charge is -2.24. The summed E-state index contributed by atoms with van der Waals surface area (Å²) in [7, 11) is 3.27. The van der Waals surface area contributed by atoms with Crippen LogP contribution in [0.1, 0.15) is 0 Å². The Bertz CT molecular complexity index is 378. The molecule has 0 aromatic heterocycles. The fraction of sp³-hybridized carbons (Fsp3) is 0.538. The Morgan fingerprint density at radius 3 is 2.83 bits per heavy atom. The minimum Gasteiger partial charge on any atom is -0.493 e. The van der Waals surface area contributed by atoms with E-state index in [-0.39, 0.29) is 6.10 Å². The molecular weight excluding hydrogens is 232 g/mol. The van der Waals surface area contributed by atoms with Crippen LogP contribution < -0.4 is 20.1 Å². The van der Waals surface area contributed by atoms with Gasteiger partial charge in [-0.05, 0) is 12.1 Å². The van der Waals surface area contributed by atoms with Crippen LogP contribution in [0.3, 0.4) is 0 Å². The number of ether oxygens (including phenoxy) is 3. The number of benzene rings is 1. The third-order valence-electron chi connectivity index (χ3n) is 2.92. The molecule has 2 N–H and O–H groups in total. The minimum atomic E-state index is 0.215. The van der Waals surface area contributed by atoms with Gasteiger partial charge < -0.3 is 24.8 Å². The molecule has 1 aliphatic heterocycles. The maximum Gasteiger partial charge on any atom is 0.162 e. The van der Waals surface area contributed by atoms with Gasteiger partial charge in [-0.2, -0.15) is 0 Å². The molecule has 1 atom stereocenters. The molecule has 0 spiro atoms. The van der Waals surface area contributed by atoms with E-state index >= 15 is 0 Å². The molecule has 1 fully saturated rings. The largest absolute Gasteiger partial charge is 0.493 e. The Balaban J connectivity index is 1.92. The van der Waals surface area contributed by atoms with Gasteiger partial charge in [-0.25, -0.2) is 0 Å². The Kier molecular flexibility index (Phi) is 4.66. The van der Waals surface area contributed by atoms with Crippen molar-refractivity contribution < 1.29 is 14.2 Å². The van der Waals surface area contributed by atoms with Crippen LogP contribution in [0, 0.1) is 0 Å². The minimum absolute atomic E-state index is 0.215. The lowest BCUT2D eigenvalue weighted by molar-refractivity contribution is 0.0372. The number of hydrogen-bond acceptors (Lipinski definition) is 5. The molecule has 1 aromatic carbocycles. The van der Waals surface area contributed by atoms with Crippen molar-refractivity contribution in [1.82, 2.24) is 5.32 Å². The van der Waals surface area contributed by atoms with Gasteiger partial charge in [0.05, 0.1) is 26.9 Å². The number of methoxy groups -OCH3 is 2. The van der Waals surface area contributed by atoms with Crippen molar-refractivity contribution >= 4 is 5.69 Å². The summed E-state index contributed by atoms with van der Waals surface area (Å²) in [4.78, 5) is 0. The Hall–Kier alpha value is -1.46. The van der Waals surface area contributed by atoms with E-state index in [1.807, 2.05) is 18.2 Å². The van der Waals surface area contributed by atoms with Gasteiger partial charge in [0.25, 0.3) is 0 Å². The van der Waals surface area contributed by atoms with E-state index in [0.717, 1.165) is 43.4 Å². The Morgan fingerprint density at radius 1 is 1.33 bits per heavy atom. The van der Waals surface area contributed by atoms with Crippen LogP contribution in [0.25, 0.3) is 0 Å². The standard InChI is InChI=1S/C13H20N2O3/c1-16-12-4-3-10(7-13(12)17-2)15-9-11-8-14-5-6-18-11/h3-4,7,11,14-15H,5-6,8-9H2,1-2H3. The van der Waals surface area contributed by atoms with Crippen molar-refractivity contribution in [3.8, 4) is 11.5 Å². The first-order valence-corrected chi connectivity index (χ1v) is 6.11. The van der Waals surface area contributed by atoms with Crippen LogP contribution in [-0.2, 0) is 4.74 Å². The smallest absolute Gasteiger partial charge is 0.162 e. The van der Waals surface area contributed by atoms with Gasteiger partial charge in [0.15, 0.2) is 11.5 Å². The van der Waals surface area contributed by atoms with Crippen LogP contribution in [0.15, 0.2) is 18.2 Å². The molecule has 1 aliphatic rings. The third kappa shape index (κ3) is 3.27. The fourth-order valence-electron chi connectivity index (χ4n) is 1.93. The van der Waals surface area contributed by atoms with Crippen LogP contribution in [-0.4, -0.2) is 46.6 Å². The molecule has 0 bridgehead atoms. The molecular formula is C13H20N2O3. The Labute approximate surface area is 107 Å². The lowest BCUT2D eigenvalue weighted by Crippen LogP contribution is -2.42. The summed E-state index contributed by atoms with van der Waals surface area (Å²) in [5.41, 5.74) is 1.00. The molecule has 5 nitrogen and oxygen atoms in total. The van der Waals surface area contributed by atoms with Crippen molar-refractivity contribution in [1.29, 1.82) is 0 Å². The van der Waals surface area contributed by atoms with Gasteiger partial charge in [-0.15, -0.1) is 0 Å². The zero-order chi connectivity index (χ0) is 12.8. The van der Waals surface area contributed by atoms with Gasteiger partial charge >= 0.3 is 0 Å². The molecule has 1 aromatic rings. The highest BCUT2D eigenvalue weighted by Crippen LogP contribution is 2.29. The molecule has 0 saturated carbocycles. The highest BCUT2D eigenvalue weighted by molar-refractivity contribution is 5.54. The molecule has 2 rings (SSSR count). The summed E-state index contributed by atoms with van der Waals surface area (Å²) in [6.45, 7) is 3.38. The first-order valence-electron chi connectivity index (χ1n) is 6.11. The van der Waals surface area contributed by atoms with Gasteiger partial charge in [-0.1, -0.05) is 0 Å². The van der Waals surface area contributed by atoms with Gasteiger partial charge in [-0.3, -0.25) is 0 Å². The van der Waals surface area contributed by atoms with Crippen molar-refractivity contribution in [2.75, 3.05) is 45.8 Å². The first-order chi connectivity index (χ1) is 8.83. The highest BCUT2D eigenvalue weighted by Gasteiger charge is 2.13. The topological polar surface area (TPSA) is 51.8 Å². The predicted molar refractivity (Wildman–Crippen MR) is 70.6 cm³/mol. The molecule has 5 heteroatoms. The molecule has 0 amide bonds. The molecule has 0 aliphatic carbocycles. The van der Waals surface area contributed by atoms with E-state index in [1.54, 1.807) is 14.2 Å². The normalized spacial score (nSPS) is 19.3. The average Bonchev–Trinajstić information content (AvgIpc) is 2.45. The number of hydrogen-bond donors (Lipinski definition) is 2. The van der Waals surface area contributed by atoms with Crippen LogP contribution in [0.2, 0.25) is 0 Å². The SMILES string of the molecule is COc1ccc(NCC2CNCCO2)cc1OC. The number of nitrogens with one attached hydrogen (secondary N) is 2. The lowest BCUT2D eigenvalue weighted by atomic mass is 10.2. The summed E-state index contributed by atoms with van der Waals surface area (Å²) in [5.74, 6) is 1.46. The van der Waals surface area contributed by atoms with E-state index < -0.39 is 0 Å². The zero-order valence-electron chi connectivity index (χ0n) is 10.9. The zero-order valence-corrected chi connectivity index (χ0v) is 10.9. The van der Waals surface area contributed by atoms with Crippen molar-refractivity contribution in [3.05, 3.63) is 18.2 Å².